The van der Waals surface area contributed by atoms with Gasteiger partial charge in [0, 0.05) is 23.8 Å². The van der Waals surface area contributed by atoms with E-state index in [1.807, 2.05) is 25.5 Å². The largest absolute Gasteiger partial charge is 0.367 e. The summed E-state index contributed by atoms with van der Waals surface area (Å²) in [5, 5.41) is 12.5. The predicted octanol–water partition coefficient (Wildman–Crippen LogP) is 3.31. The highest BCUT2D eigenvalue weighted by Crippen LogP contribution is 2.25. The highest BCUT2D eigenvalue weighted by Gasteiger charge is 2.20. The van der Waals surface area contributed by atoms with Crippen molar-refractivity contribution in [3.63, 3.8) is 0 Å². The van der Waals surface area contributed by atoms with Crippen LogP contribution in [0.2, 0.25) is 0 Å². The topological polar surface area (TPSA) is 84.7 Å². The van der Waals surface area contributed by atoms with E-state index in [2.05, 4.69) is 46.5 Å². The zero-order chi connectivity index (χ0) is 19.3. The quantitative estimate of drug-likeness (QED) is 0.541. The van der Waals surface area contributed by atoms with E-state index in [0.29, 0.717) is 13.1 Å². The molecule has 0 aliphatic rings. The number of carbonyl (C=O) groups is 1. The number of amides is 1. The Kier molecular flexibility index (Phi) is 6.86. The molecule has 0 aliphatic carbocycles. The Bertz CT molecular complexity index is 750. The van der Waals surface area contributed by atoms with Crippen LogP contribution in [-0.2, 0) is 11.3 Å². The number of fused-ring (bicyclic) bond motifs is 1. The van der Waals surface area contributed by atoms with E-state index in [1.54, 1.807) is 18.0 Å². The maximum atomic E-state index is 12.0. The van der Waals surface area contributed by atoms with Gasteiger partial charge in [0.2, 0.25) is 5.91 Å². The average Bonchev–Trinajstić information content (AvgIpc) is 2.95. The molecule has 1 amide bonds. The molecule has 2 N–H and O–H groups in total. The van der Waals surface area contributed by atoms with E-state index in [0.717, 1.165) is 34.2 Å². The fraction of sp³-hybridized carbons (Fsp3) is 0.667. The van der Waals surface area contributed by atoms with Gasteiger partial charge in [0.15, 0.2) is 10.8 Å². The summed E-state index contributed by atoms with van der Waals surface area (Å²) in [4.78, 5) is 21.4. The minimum atomic E-state index is -0.396. The van der Waals surface area contributed by atoms with Crippen LogP contribution < -0.4 is 10.6 Å². The third-order valence-corrected chi connectivity index (χ3v) is 4.68. The Morgan fingerprint density at radius 3 is 2.65 bits per heavy atom. The van der Waals surface area contributed by atoms with Crippen molar-refractivity contribution in [2.24, 2.45) is 5.41 Å². The van der Waals surface area contributed by atoms with Gasteiger partial charge in [-0.25, -0.2) is 14.6 Å². The van der Waals surface area contributed by atoms with Crippen LogP contribution in [-0.4, -0.2) is 44.0 Å². The van der Waals surface area contributed by atoms with Gasteiger partial charge in [-0.05, 0) is 20.3 Å². The van der Waals surface area contributed by atoms with Crippen molar-refractivity contribution in [3.05, 3.63) is 6.20 Å². The molecule has 0 aromatic carbocycles. The number of anilines is 1. The highest BCUT2D eigenvalue weighted by molar-refractivity contribution is 7.99. The SMILES string of the molecule is CCCSc1nc(NC(C)C)c2cnn(CCNC(=O)C(C)(C)C)c2n1. The van der Waals surface area contributed by atoms with Crippen LogP contribution >= 0.6 is 11.8 Å². The summed E-state index contributed by atoms with van der Waals surface area (Å²) in [7, 11) is 0. The maximum Gasteiger partial charge on any atom is 0.225 e. The van der Waals surface area contributed by atoms with E-state index < -0.39 is 5.41 Å². The van der Waals surface area contributed by atoms with Crippen molar-refractivity contribution in [3.8, 4) is 0 Å². The summed E-state index contributed by atoms with van der Waals surface area (Å²) in [5.41, 5.74) is 0.402. The summed E-state index contributed by atoms with van der Waals surface area (Å²) in [6.45, 7) is 13.1. The van der Waals surface area contributed by atoms with Crippen LogP contribution in [0.25, 0.3) is 11.0 Å². The molecule has 0 bridgehead atoms. The molecule has 2 rings (SSSR count). The van der Waals surface area contributed by atoms with Gasteiger partial charge in [0.25, 0.3) is 0 Å². The van der Waals surface area contributed by atoms with E-state index in [4.69, 9.17) is 0 Å². The smallest absolute Gasteiger partial charge is 0.225 e. The lowest BCUT2D eigenvalue weighted by atomic mass is 9.96. The first-order valence-corrected chi connectivity index (χ1v) is 10.1. The lowest BCUT2D eigenvalue weighted by Crippen LogP contribution is -2.36. The fourth-order valence-electron chi connectivity index (χ4n) is 2.28. The van der Waals surface area contributed by atoms with Gasteiger partial charge in [0.1, 0.15) is 5.82 Å². The Labute approximate surface area is 159 Å². The Morgan fingerprint density at radius 2 is 2.04 bits per heavy atom. The van der Waals surface area contributed by atoms with Gasteiger partial charge < -0.3 is 10.6 Å². The molecule has 0 aliphatic heterocycles. The normalized spacial score (nSPS) is 12.0. The first-order valence-electron chi connectivity index (χ1n) is 9.13. The summed E-state index contributed by atoms with van der Waals surface area (Å²) < 4.78 is 1.83. The van der Waals surface area contributed by atoms with Crippen LogP contribution in [0.15, 0.2) is 11.4 Å². The van der Waals surface area contributed by atoms with Crippen LogP contribution in [0.3, 0.4) is 0 Å². The van der Waals surface area contributed by atoms with Gasteiger partial charge in [0.05, 0.1) is 18.1 Å². The van der Waals surface area contributed by atoms with E-state index in [1.165, 1.54) is 0 Å². The Morgan fingerprint density at radius 1 is 1.31 bits per heavy atom. The molecular weight excluding hydrogens is 348 g/mol. The number of hydrogen-bond donors (Lipinski definition) is 2. The summed E-state index contributed by atoms with van der Waals surface area (Å²) in [6.07, 6.45) is 2.86. The van der Waals surface area contributed by atoms with Gasteiger partial charge in [-0.3, -0.25) is 4.79 Å². The molecule has 8 heteroatoms. The maximum absolute atomic E-state index is 12.0. The van der Waals surface area contributed by atoms with Gasteiger partial charge >= 0.3 is 0 Å². The van der Waals surface area contributed by atoms with Crippen LogP contribution in [0.5, 0.6) is 0 Å². The minimum Gasteiger partial charge on any atom is -0.367 e. The molecule has 0 spiro atoms. The van der Waals surface area contributed by atoms with Crippen molar-refractivity contribution in [1.82, 2.24) is 25.1 Å². The molecule has 26 heavy (non-hydrogen) atoms. The summed E-state index contributed by atoms with van der Waals surface area (Å²) in [6, 6.07) is 0.270. The van der Waals surface area contributed by atoms with Crippen molar-refractivity contribution < 1.29 is 4.79 Å². The first-order chi connectivity index (χ1) is 12.2. The second-order valence-electron chi connectivity index (χ2n) is 7.61. The monoisotopic (exact) mass is 378 g/mol. The first kappa shape index (κ1) is 20.5. The number of carbonyl (C=O) groups excluding carboxylic acids is 1. The second kappa shape index (κ2) is 8.70. The number of nitrogens with one attached hydrogen (secondary N) is 2. The van der Waals surface area contributed by atoms with Crippen molar-refractivity contribution in [2.75, 3.05) is 17.6 Å². The molecule has 0 radical (unpaired) electrons. The Hall–Kier alpha value is -1.83. The van der Waals surface area contributed by atoms with E-state index >= 15 is 0 Å². The molecule has 0 unspecified atom stereocenters. The molecule has 2 aromatic rings. The van der Waals surface area contributed by atoms with Crippen LogP contribution in [0.1, 0.15) is 48.0 Å². The lowest BCUT2D eigenvalue weighted by Gasteiger charge is -2.17. The zero-order valence-electron chi connectivity index (χ0n) is 16.6. The molecule has 2 heterocycles. The molecule has 2 aromatic heterocycles. The second-order valence-corrected chi connectivity index (χ2v) is 8.68. The number of aromatic nitrogens is 4. The fourth-order valence-corrected chi connectivity index (χ4v) is 2.97. The van der Waals surface area contributed by atoms with Crippen molar-refractivity contribution >= 4 is 34.5 Å². The molecule has 0 fully saturated rings. The van der Waals surface area contributed by atoms with Crippen LogP contribution in [0, 0.1) is 5.41 Å². The molecule has 7 nitrogen and oxygen atoms in total. The minimum absolute atomic E-state index is 0.0324. The number of nitrogens with zero attached hydrogens (tertiary/aromatic N) is 4. The molecule has 0 atom stereocenters. The van der Waals surface area contributed by atoms with Gasteiger partial charge in [-0.15, -0.1) is 0 Å². The average molecular weight is 379 g/mol. The van der Waals surface area contributed by atoms with Crippen LogP contribution in [0.4, 0.5) is 5.82 Å². The predicted molar refractivity (Wildman–Crippen MR) is 108 cm³/mol. The number of hydrogen-bond acceptors (Lipinski definition) is 6. The highest BCUT2D eigenvalue weighted by atomic mass is 32.2. The van der Waals surface area contributed by atoms with E-state index in [-0.39, 0.29) is 11.9 Å². The molecule has 0 saturated heterocycles. The zero-order valence-corrected chi connectivity index (χ0v) is 17.4. The molecular formula is C18H30N6OS. The summed E-state index contributed by atoms with van der Waals surface area (Å²) >= 11 is 1.65. The van der Waals surface area contributed by atoms with Gasteiger partial charge in [-0.1, -0.05) is 39.5 Å². The number of rotatable bonds is 8. The standard InChI is InChI=1S/C18H30N6OS/c1-7-10-26-17-22-14(21-12(2)3)13-11-20-24(15(13)23-17)9-8-19-16(25)18(4,5)6/h11-12H,7-10H2,1-6H3,(H,19,25)(H,21,22,23). The third-order valence-electron chi connectivity index (χ3n) is 3.63. The van der Waals surface area contributed by atoms with Crippen molar-refractivity contribution in [1.29, 1.82) is 0 Å². The molecule has 144 valence electrons. The third kappa shape index (κ3) is 5.33. The van der Waals surface area contributed by atoms with Crippen molar-refractivity contribution in [2.45, 2.75) is 65.7 Å². The summed E-state index contributed by atoms with van der Waals surface area (Å²) in [5.74, 6) is 1.82. The van der Waals surface area contributed by atoms with E-state index in [9.17, 15) is 4.79 Å². The molecule has 0 saturated carbocycles. The Balaban J connectivity index is 2.23. The van der Waals surface area contributed by atoms with Gasteiger partial charge in [-0.2, -0.15) is 5.10 Å². The lowest BCUT2D eigenvalue weighted by molar-refractivity contribution is -0.128. The number of thioether (sulfide) groups is 1.